The summed E-state index contributed by atoms with van der Waals surface area (Å²) in [6, 6.07) is 14.5. The van der Waals surface area contributed by atoms with Crippen LogP contribution >= 0.6 is 12.6 Å². The molecule has 0 unspecified atom stereocenters. The van der Waals surface area contributed by atoms with Crippen molar-refractivity contribution in [3.05, 3.63) is 59.7 Å². The molecule has 0 aliphatic heterocycles. The fourth-order valence-electron chi connectivity index (χ4n) is 1.56. The van der Waals surface area contributed by atoms with Crippen molar-refractivity contribution in [2.24, 2.45) is 0 Å². The molecule has 2 aromatic rings. The molecule has 0 saturated carbocycles. The van der Waals surface area contributed by atoms with Crippen LogP contribution in [0.1, 0.15) is 22.8 Å². The van der Waals surface area contributed by atoms with Crippen LogP contribution < -0.4 is 4.74 Å². The number of hydrogen-bond acceptors (Lipinski definition) is 3. The highest BCUT2D eigenvalue weighted by atomic mass is 32.1. The maximum Gasteiger partial charge on any atom is 0.343 e. The van der Waals surface area contributed by atoms with Crippen molar-refractivity contribution in [1.82, 2.24) is 0 Å². The summed E-state index contributed by atoms with van der Waals surface area (Å²) in [6.45, 7) is 2.08. The molecule has 0 spiro atoms. The lowest BCUT2D eigenvalue weighted by Gasteiger charge is -2.05. The van der Waals surface area contributed by atoms with Gasteiger partial charge in [0.15, 0.2) is 0 Å². The van der Waals surface area contributed by atoms with Gasteiger partial charge in [0.05, 0.1) is 5.56 Å². The molecule has 0 radical (unpaired) electrons. The van der Waals surface area contributed by atoms with Gasteiger partial charge < -0.3 is 4.74 Å². The molecule has 0 aliphatic carbocycles. The number of thiol groups is 1. The normalized spacial score (nSPS) is 10.1. The predicted octanol–water partition coefficient (Wildman–Crippen LogP) is 3.76. The minimum atomic E-state index is -0.343. The molecule has 0 N–H and O–H groups in total. The van der Waals surface area contributed by atoms with E-state index in [1.165, 1.54) is 5.56 Å². The van der Waals surface area contributed by atoms with Gasteiger partial charge in [0.25, 0.3) is 0 Å². The summed E-state index contributed by atoms with van der Waals surface area (Å²) in [6.07, 6.45) is 0.957. The van der Waals surface area contributed by atoms with Crippen LogP contribution in [0, 0.1) is 0 Å². The van der Waals surface area contributed by atoms with Crippen LogP contribution in [-0.4, -0.2) is 5.97 Å². The summed E-state index contributed by atoms with van der Waals surface area (Å²) in [5, 5.41) is 0. The lowest BCUT2D eigenvalue weighted by atomic mass is 10.1. The summed E-state index contributed by atoms with van der Waals surface area (Å²) in [5.74, 6) is 0.182. The first kappa shape index (κ1) is 12.7. The van der Waals surface area contributed by atoms with Gasteiger partial charge in [-0.25, -0.2) is 4.79 Å². The first-order valence-corrected chi connectivity index (χ1v) is 6.24. The average Bonchev–Trinajstić information content (AvgIpc) is 2.41. The Labute approximate surface area is 112 Å². The summed E-state index contributed by atoms with van der Waals surface area (Å²) in [5.41, 5.74) is 1.76. The minimum Gasteiger partial charge on any atom is -0.423 e. The molecule has 0 heterocycles. The average molecular weight is 258 g/mol. The van der Waals surface area contributed by atoms with Crippen molar-refractivity contribution in [3.63, 3.8) is 0 Å². The molecule has 0 saturated heterocycles. The molecule has 3 heteroatoms. The second kappa shape index (κ2) is 5.74. The van der Waals surface area contributed by atoms with E-state index in [0.717, 1.165) is 11.3 Å². The molecular weight excluding hydrogens is 244 g/mol. The molecule has 0 amide bonds. The molecular formula is C15H14O2S. The Morgan fingerprint density at radius 3 is 2.22 bits per heavy atom. The minimum absolute atomic E-state index is 0.343. The first-order chi connectivity index (χ1) is 8.69. The largest absolute Gasteiger partial charge is 0.423 e. The molecule has 0 bridgehead atoms. The highest BCUT2D eigenvalue weighted by Crippen LogP contribution is 2.16. The molecule has 92 valence electrons. The van der Waals surface area contributed by atoms with E-state index in [-0.39, 0.29) is 5.97 Å². The van der Waals surface area contributed by atoms with Crippen LogP contribution in [0.4, 0.5) is 0 Å². The maximum atomic E-state index is 11.9. The monoisotopic (exact) mass is 258 g/mol. The molecule has 18 heavy (non-hydrogen) atoms. The molecule has 2 aromatic carbocycles. The van der Waals surface area contributed by atoms with E-state index in [1.807, 2.05) is 12.1 Å². The number of rotatable bonds is 3. The number of hydrogen-bond donors (Lipinski definition) is 1. The molecule has 0 atom stereocenters. The van der Waals surface area contributed by atoms with E-state index in [0.29, 0.717) is 11.3 Å². The summed E-state index contributed by atoms with van der Waals surface area (Å²) in [7, 11) is 0. The van der Waals surface area contributed by atoms with Crippen molar-refractivity contribution in [2.75, 3.05) is 0 Å². The molecule has 2 rings (SSSR count). The number of benzene rings is 2. The summed E-state index contributed by atoms with van der Waals surface area (Å²) < 4.78 is 5.26. The van der Waals surface area contributed by atoms with Crippen molar-refractivity contribution in [3.8, 4) is 5.75 Å². The van der Waals surface area contributed by atoms with E-state index in [1.54, 1.807) is 36.4 Å². The zero-order valence-corrected chi connectivity index (χ0v) is 11.0. The highest BCUT2D eigenvalue weighted by molar-refractivity contribution is 7.80. The van der Waals surface area contributed by atoms with Crippen LogP contribution in [0.5, 0.6) is 5.75 Å². The third-order valence-corrected chi connectivity index (χ3v) is 2.94. The highest BCUT2D eigenvalue weighted by Gasteiger charge is 2.07. The molecule has 2 nitrogen and oxygen atoms in total. The van der Waals surface area contributed by atoms with Gasteiger partial charge in [0, 0.05) is 4.90 Å². The van der Waals surface area contributed by atoms with Crippen molar-refractivity contribution in [1.29, 1.82) is 0 Å². The number of aryl methyl sites for hydroxylation is 1. The van der Waals surface area contributed by atoms with Crippen molar-refractivity contribution in [2.45, 2.75) is 18.2 Å². The van der Waals surface area contributed by atoms with Crippen molar-refractivity contribution >= 4 is 18.6 Å². The smallest absolute Gasteiger partial charge is 0.343 e. The van der Waals surface area contributed by atoms with Gasteiger partial charge in [0.2, 0.25) is 0 Å². The van der Waals surface area contributed by atoms with Gasteiger partial charge in [-0.15, -0.1) is 12.6 Å². The third-order valence-electron chi connectivity index (χ3n) is 2.65. The van der Waals surface area contributed by atoms with Gasteiger partial charge in [-0.05, 0) is 48.4 Å². The Morgan fingerprint density at radius 2 is 1.67 bits per heavy atom. The van der Waals surface area contributed by atoms with Crippen LogP contribution in [-0.2, 0) is 6.42 Å². The number of ether oxygens (including phenoxy) is 1. The number of carbonyl (C=O) groups is 1. The topological polar surface area (TPSA) is 26.3 Å². The third kappa shape index (κ3) is 3.14. The second-order valence-corrected chi connectivity index (χ2v) is 4.45. The predicted molar refractivity (Wildman–Crippen MR) is 74.5 cm³/mol. The number of carbonyl (C=O) groups excluding carboxylic acids is 1. The van der Waals surface area contributed by atoms with Crippen LogP contribution in [0.25, 0.3) is 0 Å². The second-order valence-electron chi connectivity index (χ2n) is 3.93. The standard InChI is InChI=1S/C15H14O2S/c1-2-11-3-5-12(6-4-11)15(16)17-13-7-9-14(18)10-8-13/h3-10,18H,2H2,1H3. The Bertz CT molecular complexity index is 529. The Balaban J connectivity index is 2.09. The van der Waals surface area contributed by atoms with E-state index in [9.17, 15) is 4.79 Å². The van der Waals surface area contributed by atoms with Gasteiger partial charge in [0.1, 0.15) is 5.75 Å². The quantitative estimate of drug-likeness (QED) is 0.515. The Kier molecular flexibility index (Phi) is 4.05. The van der Waals surface area contributed by atoms with Crippen LogP contribution in [0.2, 0.25) is 0 Å². The van der Waals surface area contributed by atoms with Gasteiger partial charge in [-0.3, -0.25) is 0 Å². The molecule has 0 fully saturated rings. The summed E-state index contributed by atoms with van der Waals surface area (Å²) in [4.78, 5) is 12.7. The lowest BCUT2D eigenvalue weighted by Crippen LogP contribution is -2.08. The summed E-state index contributed by atoms with van der Waals surface area (Å²) >= 11 is 4.17. The fourth-order valence-corrected chi connectivity index (χ4v) is 1.71. The zero-order valence-electron chi connectivity index (χ0n) is 10.1. The first-order valence-electron chi connectivity index (χ1n) is 5.79. The maximum absolute atomic E-state index is 11.9. The van der Waals surface area contributed by atoms with Crippen molar-refractivity contribution < 1.29 is 9.53 Å². The van der Waals surface area contributed by atoms with Crippen LogP contribution in [0.3, 0.4) is 0 Å². The Hall–Kier alpha value is -1.74. The van der Waals surface area contributed by atoms with E-state index >= 15 is 0 Å². The Morgan fingerprint density at radius 1 is 1.06 bits per heavy atom. The van der Waals surface area contributed by atoms with Gasteiger partial charge in [-0.2, -0.15) is 0 Å². The number of esters is 1. The fraction of sp³-hybridized carbons (Fsp3) is 0.133. The SMILES string of the molecule is CCc1ccc(C(=O)Oc2ccc(S)cc2)cc1. The molecule has 0 aromatic heterocycles. The van der Waals surface area contributed by atoms with E-state index in [4.69, 9.17) is 4.74 Å². The van der Waals surface area contributed by atoms with Gasteiger partial charge >= 0.3 is 5.97 Å². The lowest BCUT2D eigenvalue weighted by molar-refractivity contribution is 0.0734. The van der Waals surface area contributed by atoms with Crippen LogP contribution in [0.15, 0.2) is 53.4 Å². The van der Waals surface area contributed by atoms with E-state index < -0.39 is 0 Å². The van der Waals surface area contributed by atoms with Gasteiger partial charge in [-0.1, -0.05) is 19.1 Å². The van der Waals surface area contributed by atoms with E-state index in [2.05, 4.69) is 19.6 Å². The zero-order chi connectivity index (χ0) is 13.0. The molecule has 0 aliphatic rings.